The van der Waals surface area contributed by atoms with Gasteiger partial charge in [0.1, 0.15) is 0 Å². The van der Waals surface area contributed by atoms with Crippen LogP contribution in [0.15, 0.2) is 267 Å². The molecule has 0 spiro atoms. The van der Waals surface area contributed by atoms with E-state index in [1.807, 2.05) is 0 Å². The van der Waals surface area contributed by atoms with E-state index < -0.39 is 0 Å². The van der Waals surface area contributed by atoms with Crippen LogP contribution in [0.2, 0.25) is 0 Å². The number of hydrogen-bond acceptors (Lipinski definition) is 0. The largest absolute Gasteiger partial charge is 0.309 e. The lowest BCUT2D eigenvalue weighted by molar-refractivity contribution is 0.660. The first kappa shape index (κ1) is 46.3. The van der Waals surface area contributed by atoms with Crippen molar-refractivity contribution in [3.05, 3.63) is 289 Å². The van der Waals surface area contributed by atoms with Crippen LogP contribution in [0.25, 0.3) is 132 Å². The molecule has 0 N–H and O–H groups in total. The number of aromatic nitrogens is 2. The normalized spacial score (nSPS) is 13.7. The summed E-state index contributed by atoms with van der Waals surface area (Å²) >= 11 is 0. The van der Waals surface area contributed by atoms with Crippen LogP contribution in [0.3, 0.4) is 0 Å². The van der Waals surface area contributed by atoms with Gasteiger partial charge < -0.3 is 9.13 Å². The Balaban J connectivity index is 1.21. The Bertz CT molecular complexity index is 4730. The summed E-state index contributed by atoms with van der Waals surface area (Å²) in [7, 11) is 0. The lowest BCUT2D eigenvalue weighted by Crippen LogP contribution is -2.15. The number of benzene rings is 12. The van der Waals surface area contributed by atoms with Gasteiger partial charge in [-0.3, -0.25) is 0 Å². The van der Waals surface area contributed by atoms with Gasteiger partial charge in [-0.1, -0.05) is 246 Å². The Morgan fingerprint density at radius 1 is 0.237 bits per heavy atom. The second-order valence-electron chi connectivity index (χ2n) is 23.1. The van der Waals surface area contributed by atoms with E-state index in [0.29, 0.717) is 0 Å². The van der Waals surface area contributed by atoms with E-state index in [1.54, 1.807) is 0 Å². The van der Waals surface area contributed by atoms with Crippen molar-refractivity contribution in [1.82, 2.24) is 9.13 Å². The minimum atomic E-state index is -0.190. The first-order valence-electron chi connectivity index (χ1n) is 28.2. The highest BCUT2D eigenvalue weighted by Crippen LogP contribution is 2.54. The van der Waals surface area contributed by atoms with Crippen LogP contribution in [-0.2, 0) is 10.8 Å². The monoisotopic (exact) mass is 1020 g/mol. The van der Waals surface area contributed by atoms with Gasteiger partial charge in [0.2, 0.25) is 0 Å². The number of rotatable bonds is 4. The molecule has 80 heavy (non-hydrogen) atoms. The molecule has 378 valence electrons. The predicted molar refractivity (Wildman–Crippen MR) is 340 cm³/mol. The Morgan fingerprint density at radius 3 is 1.00 bits per heavy atom. The number of para-hydroxylation sites is 2. The van der Waals surface area contributed by atoms with Gasteiger partial charge in [-0.05, 0) is 136 Å². The molecule has 16 rings (SSSR count). The predicted octanol–water partition coefficient (Wildman–Crippen LogP) is 21.0. The molecule has 0 fully saturated rings. The third kappa shape index (κ3) is 6.60. The third-order valence-corrected chi connectivity index (χ3v) is 18.2. The van der Waals surface area contributed by atoms with Crippen molar-refractivity contribution in [2.75, 3.05) is 0 Å². The molecule has 0 aliphatic heterocycles. The van der Waals surface area contributed by atoms with Crippen molar-refractivity contribution in [2.24, 2.45) is 0 Å². The summed E-state index contributed by atoms with van der Waals surface area (Å²) in [4.78, 5) is 0. The molecule has 2 aromatic heterocycles. The summed E-state index contributed by atoms with van der Waals surface area (Å²) in [6.07, 6.45) is 0. The first-order valence-corrected chi connectivity index (χ1v) is 28.2. The molecular weight excluding hydrogens is 965 g/mol. The van der Waals surface area contributed by atoms with Gasteiger partial charge in [0, 0.05) is 43.5 Å². The summed E-state index contributed by atoms with van der Waals surface area (Å²) in [5.41, 5.74) is 21.7. The summed E-state index contributed by atoms with van der Waals surface area (Å²) < 4.78 is 5.21. The maximum atomic E-state index is 2.60. The smallest absolute Gasteiger partial charge is 0.0543 e. The molecular formula is C78H56N2. The van der Waals surface area contributed by atoms with Crippen LogP contribution in [0.4, 0.5) is 0 Å². The molecule has 14 aromatic rings. The highest BCUT2D eigenvalue weighted by Gasteiger charge is 2.38. The molecule has 2 aliphatic rings. The van der Waals surface area contributed by atoms with Gasteiger partial charge in [-0.25, -0.2) is 0 Å². The van der Waals surface area contributed by atoms with E-state index in [9.17, 15) is 0 Å². The van der Waals surface area contributed by atoms with E-state index in [0.717, 1.165) is 43.6 Å². The third-order valence-electron chi connectivity index (χ3n) is 18.2. The lowest BCUT2D eigenvalue weighted by atomic mass is 9.82. The van der Waals surface area contributed by atoms with Crippen molar-refractivity contribution < 1.29 is 0 Å². The highest BCUT2D eigenvalue weighted by molar-refractivity contribution is 6.34. The van der Waals surface area contributed by atoms with Crippen LogP contribution in [0.1, 0.15) is 49.9 Å². The van der Waals surface area contributed by atoms with Crippen LogP contribution in [0, 0.1) is 0 Å². The quantitative estimate of drug-likeness (QED) is 0.166. The minimum Gasteiger partial charge on any atom is -0.309 e. The topological polar surface area (TPSA) is 9.86 Å². The molecule has 0 bridgehead atoms. The summed E-state index contributed by atoms with van der Waals surface area (Å²) in [6, 6.07) is 101. The molecule has 12 aromatic carbocycles. The van der Waals surface area contributed by atoms with Crippen LogP contribution >= 0.6 is 0 Å². The second kappa shape index (κ2) is 17.4. The zero-order chi connectivity index (χ0) is 53.4. The standard InChI is InChI=1S/C78H56N2/c1-77(2)63-35-15-11-29-59(63)75-65(77)37-21-41-71(75)79-67-39-17-13-27-53(67)55-31-19-34-58-62-48-52(50-25-9-6-10-26-50)44-46-70(62)80(72-42-22-38-66-76(72)60-30-12-16-36-64(60)78(66,3)4)68-40-18-14-28-54(68)56-32-20-33-57(74(56)73(55)58)61-47-51(43-45-69(61)79)49-23-7-5-8-24-49/h5-48H,1-4H3. The molecule has 0 atom stereocenters. The van der Waals surface area contributed by atoms with Crippen molar-refractivity contribution in [1.29, 1.82) is 0 Å². The molecule has 0 saturated heterocycles. The van der Waals surface area contributed by atoms with E-state index in [1.165, 1.54) is 110 Å². The molecule has 2 aliphatic carbocycles. The summed E-state index contributed by atoms with van der Waals surface area (Å²) in [6.45, 7) is 9.55. The fourth-order valence-corrected chi connectivity index (χ4v) is 14.5. The second-order valence-corrected chi connectivity index (χ2v) is 23.1. The lowest BCUT2D eigenvalue weighted by Gasteiger charge is -2.22. The van der Waals surface area contributed by atoms with Crippen LogP contribution in [0.5, 0.6) is 0 Å². The molecule has 0 amide bonds. The maximum Gasteiger partial charge on any atom is 0.0543 e. The molecule has 0 saturated carbocycles. The SMILES string of the molecule is CC1(C)c2ccccc2-c2c(-n3c4ccccc4c4cccc5c6cc(-c7ccccc7)ccc6n(-c6cccc7c6-c6ccccc6C7(C)C)c6ccccc6c6cccc(c7cc(-c8ccccc8)ccc73)c6c45)cccc21. The number of hydrogen-bond donors (Lipinski definition) is 0. The van der Waals surface area contributed by atoms with Crippen molar-refractivity contribution in [2.45, 2.75) is 38.5 Å². The Morgan fingerprint density at radius 2 is 0.562 bits per heavy atom. The molecule has 2 heteroatoms. The molecule has 2 heterocycles. The summed E-state index contributed by atoms with van der Waals surface area (Å²) in [5, 5.41) is 11.8. The fourth-order valence-electron chi connectivity index (χ4n) is 14.5. The summed E-state index contributed by atoms with van der Waals surface area (Å²) in [5.74, 6) is 0. The van der Waals surface area contributed by atoms with E-state index in [-0.39, 0.29) is 10.8 Å². The first-order chi connectivity index (χ1) is 39.3. The Hall–Kier alpha value is -9.76. The van der Waals surface area contributed by atoms with Gasteiger partial charge in [-0.15, -0.1) is 0 Å². The van der Waals surface area contributed by atoms with Gasteiger partial charge in [0.15, 0.2) is 0 Å². The zero-order valence-corrected chi connectivity index (χ0v) is 45.3. The molecule has 0 radical (unpaired) electrons. The number of fused-ring (bicyclic) bond motifs is 14. The van der Waals surface area contributed by atoms with E-state index in [2.05, 4.69) is 304 Å². The van der Waals surface area contributed by atoms with E-state index >= 15 is 0 Å². The Labute approximate surface area is 466 Å². The van der Waals surface area contributed by atoms with Crippen molar-refractivity contribution in [3.8, 4) is 55.9 Å². The van der Waals surface area contributed by atoms with Crippen molar-refractivity contribution in [3.63, 3.8) is 0 Å². The highest BCUT2D eigenvalue weighted by atomic mass is 15.0. The van der Waals surface area contributed by atoms with Gasteiger partial charge >= 0.3 is 0 Å². The van der Waals surface area contributed by atoms with Crippen LogP contribution < -0.4 is 0 Å². The minimum absolute atomic E-state index is 0.190. The maximum absolute atomic E-state index is 2.60. The van der Waals surface area contributed by atoms with Crippen LogP contribution in [-0.4, -0.2) is 9.13 Å². The van der Waals surface area contributed by atoms with E-state index in [4.69, 9.17) is 0 Å². The van der Waals surface area contributed by atoms with Crippen molar-refractivity contribution >= 4 is 75.9 Å². The fraction of sp³-hybridized carbons (Fsp3) is 0.0769. The number of nitrogens with zero attached hydrogens (tertiary/aromatic N) is 2. The molecule has 0 unspecified atom stereocenters. The molecule has 2 nitrogen and oxygen atoms in total. The van der Waals surface area contributed by atoms with Gasteiger partial charge in [-0.2, -0.15) is 0 Å². The zero-order valence-electron chi connectivity index (χ0n) is 45.3. The Kier molecular flexibility index (Phi) is 10.1. The van der Waals surface area contributed by atoms with Gasteiger partial charge in [0.05, 0.1) is 33.4 Å². The van der Waals surface area contributed by atoms with Gasteiger partial charge in [0.25, 0.3) is 0 Å². The average molecular weight is 1020 g/mol. The average Bonchev–Trinajstić information content (AvgIpc) is 4.09.